The Bertz CT molecular complexity index is 908. The molecule has 7 heteroatoms. The molecular weight excluding hydrogens is 384 g/mol. The Morgan fingerprint density at radius 3 is 2.44 bits per heavy atom. The van der Waals surface area contributed by atoms with Gasteiger partial charge in [0.2, 0.25) is 15.9 Å². The summed E-state index contributed by atoms with van der Waals surface area (Å²) in [5.74, 6) is -0.196. The highest BCUT2D eigenvalue weighted by Crippen LogP contribution is 2.29. The molecule has 3 rings (SSSR count). The van der Waals surface area contributed by atoms with Crippen molar-refractivity contribution in [2.24, 2.45) is 5.92 Å². The topological polar surface area (TPSA) is 66.5 Å². The van der Waals surface area contributed by atoms with Crippen molar-refractivity contribution < 1.29 is 13.2 Å². The van der Waals surface area contributed by atoms with Crippen LogP contribution in [0.1, 0.15) is 24.0 Å². The van der Waals surface area contributed by atoms with Gasteiger partial charge in [0.1, 0.15) is 4.90 Å². The molecule has 0 aromatic heterocycles. The van der Waals surface area contributed by atoms with Crippen LogP contribution >= 0.6 is 11.6 Å². The summed E-state index contributed by atoms with van der Waals surface area (Å²) in [6.07, 6.45) is 1.01. The average molecular weight is 407 g/mol. The summed E-state index contributed by atoms with van der Waals surface area (Å²) in [6, 6.07) is 14.7. The van der Waals surface area contributed by atoms with Crippen molar-refractivity contribution >= 4 is 27.5 Å². The molecule has 1 amide bonds. The molecule has 1 heterocycles. The van der Waals surface area contributed by atoms with Crippen LogP contribution in [0.4, 0.5) is 0 Å². The lowest BCUT2D eigenvalue weighted by molar-refractivity contribution is -0.126. The maximum atomic E-state index is 12.8. The number of nitrogens with zero attached hydrogens (tertiary/aromatic N) is 1. The number of hydrogen-bond acceptors (Lipinski definition) is 3. The molecule has 0 spiro atoms. The fraction of sp³-hybridized carbons (Fsp3) is 0.350. The normalized spacial score (nSPS) is 16.2. The zero-order chi connectivity index (χ0) is 19.4. The van der Waals surface area contributed by atoms with Crippen LogP contribution in [0.15, 0.2) is 53.4 Å². The van der Waals surface area contributed by atoms with E-state index in [0.29, 0.717) is 32.5 Å². The molecule has 2 aromatic carbocycles. The number of aryl methyl sites for hydroxylation is 1. The van der Waals surface area contributed by atoms with Crippen LogP contribution in [-0.2, 0) is 21.4 Å². The third-order valence-corrected chi connectivity index (χ3v) is 7.22. The Balaban J connectivity index is 1.58. The standard InChI is InChI=1S/C20H23ClN2O3S/c1-15-7-8-19(18(21)13-15)27(25,26)23-11-9-17(10-12-23)20(24)22-14-16-5-3-2-4-6-16/h2-8,13,17H,9-12,14H2,1H3,(H,22,24). The number of amides is 1. The summed E-state index contributed by atoms with van der Waals surface area (Å²) in [4.78, 5) is 12.5. The highest BCUT2D eigenvalue weighted by molar-refractivity contribution is 7.89. The van der Waals surface area contributed by atoms with Gasteiger partial charge in [-0.1, -0.05) is 48.0 Å². The number of piperidine rings is 1. The first kappa shape index (κ1) is 19.9. The quantitative estimate of drug-likeness (QED) is 0.827. The summed E-state index contributed by atoms with van der Waals surface area (Å²) < 4.78 is 27.1. The lowest BCUT2D eigenvalue weighted by atomic mass is 9.97. The highest BCUT2D eigenvalue weighted by Gasteiger charge is 2.33. The number of nitrogens with one attached hydrogen (secondary N) is 1. The minimum atomic E-state index is -3.64. The Morgan fingerprint density at radius 1 is 1.15 bits per heavy atom. The average Bonchev–Trinajstić information content (AvgIpc) is 2.66. The maximum Gasteiger partial charge on any atom is 0.244 e. The summed E-state index contributed by atoms with van der Waals surface area (Å²) >= 11 is 6.14. The smallest absolute Gasteiger partial charge is 0.244 e. The fourth-order valence-electron chi connectivity index (χ4n) is 3.24. The zero-order valence-corrected chi connectivity index (χ0v) is 16.8. The number of sulfonamides is 1. The van der Waals surface area contributed by atoms with Crippen LogP contribution in [0.25, 0.3) is 0 Å². The lowest BCUT2D eigenvalue weighted by Gasteiger charge is -2.30. The van der Waals surface area contributed by atoms with Crippen LogP contribution in [0.2, 0.25) is 5.02 Å². The molecule has 1 saturated heterocycles. The minimum Gasteiger partial charge on any atom is -0.352 e. The van der Waals surface area contributed by atoms with E-state index in [2.05, 4.69) is 5.32 Å². The zero-order valence-electron chi connectivity index (χ0n) is 15.2. The Labute approximate surface area is 165 Å². The molecule has 1 aliphatic heterocycles. The van der Waals surface area contributed by atoms with Crippen molar-refractivity contribution in [3.63, 3.8) is 0 Å². The van der Waals surface area contributed by atoms with Gasteiger partial charge in [-0.3, -0.25) is 4.79 Å². The van der Waals surface area contributed by atoms with E-state index in [0.717, 1.165) is 11.1 Å². The molecule has 0 bridgehead atoms. The van der Waals surface area contributed by atoms with Crippen LogP contribution in [0.5, 0.6) is 0 Å². The molecule has 0 saturated carbocycles. The van der Waals surface area contributed by atoms with Crippen molar-refractivity contribution in [1.82, 2.24) is 9.62 Å². The van der Waals surface area contributed by atoms with Gasteiger partial charge in [0.15, 0.2) is 0 Å². The van der Waals surface area contributed by atoms with Gasteiger partial charge in [-0.15, -0.1) is 0 Å². The van der Waals surface area contributed by atoms with E-state index in [1.54, 1.807) is 18.2 Å². The third kappa shape index (κ3) is 4.69. The first-order valence-electron chi connectivity index (χ1n) is 8.96. The predicted molar refractivity (Wildman–Crippen MR) is 106 cm³/mol. The summed E-state index contributed by atoms with van der Waals surface area (Å²) in [5.41, 5.74) is 1.95. The van der Waals surface area contributed by atoms with Gasteiger partial charge in [-0.2, -0.15) is 4.31 Å². The van der Waals surface area contributed by atoms with Gasteiger partial charge in [0.25, 0.3) is 0 Å². The Kier molecular flexibility index (Phi) is 6.19. The molecule has 0 radical (unpaired) electrons. The van der Waals surface area contributed by atoms with E-state index in [-0.39, 0.29) is 21.7 Å². The first-order chi connectivity index (χ1) is 12.9. The van der Waals surface area contributed by atoms with E-state index in [1.165, 1.54) is 4.31 Å². The first-order valence-corrected chi connectivity index (χ1v) is 10.8. The van der Waals surface area contributed by atoms with Crippen LogP contribution in [-0.4, -0.2) is 31.7 Å². The van der Waals surface area contributed by atoms with Crippen molar-refractivity contribution in [2.75, 3.05) is 13.1 Å². The Hall–Kier alpha value is -1.89. The van der Waals surface area contributed by atoms with Gasteiger partial charge in [-0.25, -0.2) is 8.42 Å². The summed E-state index contributed by atoms with van der Waals surface area (Å²) in [6.45, 7) is 2.98. The summed E-state index contributed by atoms with van der Waals surface area (Å²) in [7, 11) is -3.64. The van der Waals surface area contributed by atoms with Crippen molar-refractivity contribution in [2.45, 2.75) is 31.2 Å². The molecule has 144 valence electrons. The number of carbonyl (C=O) groups is 1. The van der Waals surface area contributed by atoms with Crippen LogP contribution in [0, 0.1) is 12.8 Å². The molecule has 1 N–H and O–H groups in total. The number of halogens is 1. The van der Waals surface area contributed by atoms with Gasteiger partial charge in [0.05, 0.1) is 5.02 Å². The van der Waals surface area contributed by atoms with Gasteiger partial charge in [-0.05, 0) is 43.0 Å². The van der Waals surface area contributed by atoms with E-state index in [4.69, 9.17) is 11.6 Å². The number of benzene rings is 2. The Morgan fingerprint density at radius 2 is 1.81 bits per heavy atom. The molecule has 27 heavy (non-hydrogen) atoms. The molecule has 2 aromatic rings. The van der Waals surface area contributed by atoms with Crippen molar-refractivity contribution in [3.8, 4) is 0 Å². The lowest BCUT2D eigenvalue weighted by Crippen LogP contribution is -2.42. The van der Waals surface area contributed by atoms with E-state index < -0.39 is 10.0 Å². The largest absolute Gasteiger partial charge is 0.352 e. The highest BCUT2D eigenvalue weighted by atomic mass is 35.5. The van der Waals surface area contributed by atoms with E-state index >= 15 is 0 Å². The molecule has 0 atom stereocenters. The third-order valence-electron chi connectivity index (χ3n) is 4.84. The SMILES string of the molecule is Cc1ccc(S(=O)(=O)N2CCC(C(=O)NCc3ccccc3)CC2)c(Cl)c1. The van der Waals surface area contributed by atoms with Gasteiger partial charge >= 0.3 is 0 Å². The molecule has 1 fully saturated rings. The number of carbonyl (C=O) groups excluding carboxylic acids is 1. The number of hydrogen-bond donors (Lipinski definition) is 1. The maximum absolute atomic E-state index is 12.8. The predicted octanol–water partition coefficient (Wildman–Crippen LogP) is 3.37. The fourth-order valence-corrected chi connectivity index (χ4v) is 5.28. The molecule has 1 aliphatic rings. The number of rotatable bonds is 5. The molecular formula is C20H23ClN2O3S. The van der Waals surface area contributed by atoms with Crippen molar-refractivity contribution in [1.29, 1.82) is 0 Å². The summed E-state index contributed by atoms with van der Waals surface area (Å²) in [5, 5.41) is 3.18. The minimum absolute atomic E-state index is 0.0238. The monoisotopic (exact) mass is 406 g/mol. The van der Waals surface area contributed by atoms with E-state index in [9.17, 15) is 13.2 Å². The van der Waals surface area contributed by atoms with Gasteiger partial charge < -0.3 is 5.32 Å². The van der Waals surface area contributed by atoms with Crippen LogP contribution in [0.3, 0.4) is 0 Å². The second kappa shape index (κ2) is 8.42. The second-order valence-electron chi connectivity index (χ2n) is 6.82. The molecule has 0 unspecified atom stereocenters. The second-order valence-corrected chi connectivity index (χ2v) is 9.13. The molecule has 0 aliphatic carbocycles. The van der Waals surface area contributed by atoms with Crippen LogP contribution < -0.4 is 5.32 Å². The van der Waals surface area contributed by atoms with Crippen molar-refractivity contribution in [3.05, 3.63) is 64.7 Å². The molecule has 5 nitrogen and oxygen atoms in total. The van der Waals surface area contributed by atoms with E-state index in [1.807, 2.05) is 37.3 Å². The van der Waals surface area contributed by atoms with Gasteiger partial charge in [0, 0.05) is 25.6 Å².